The van der Waals surface area contributed by atoms with Gasteiger partial charge in [-0.05, 0) is 57.6 Å². The van der Waals surface area contributed by atoms with Gasteiger partial charge in [0.05, 0.1) is 51.6 Å². The van der Waals surface area contributed by atoms with Crippen LogP contribution in [0.1, 0.15) is 45.8 Å². The van der Waals surface area contributed by atoms with Gasteiger partial charge in [0.15, 0.2) is 0 Å². The average molecular weight is 778 g/mol. The molecular formula is C50H48FNO6. The van der Waals surface area contributed by atoms with Gasteiger partial charge in [0.25, 0.3) is 0 Å². The van der Waals surface area contributed by atoms with Gasteiger partial charge in [-0.15, -0.1) is 0 Å². The molecule has 0 spiro atoms. The van der Waals surface area contributed by atoms with E-state index in [1.807, 2.05) is 72.8 Å². The lowest BCUT2D eigenvalue weighted by Crippen LogP contribution is -2.61. The number of hydrogen-bond acceptors (Lipinski definition) is 6. The number of halogens is 1. The van der Waals surface area contributed by atoms with Crippen LogP contribution in [0.25, 0.3) is 0 Å². The van der Waals surface area contributed by atoms with E-state index < -0.39 is 30.5 Å². The maximum Gasteiger partial charge on any atom is 0.230 e. The van der Waals surface area contributed by atoms with Crippen LogP contribution in [0.5, 0.6) is 0 Å². The second-order valence-corrected chi connectivity index (χ2v) is 14.9. The highest BCUT2D eigenvalue weighted by Gasteiger charge is 2.48. The summed E-state index contributed by atoms with van der Waals surface area (Å²) in [6, 6.07) is 54.8. The lowest BCUT2D eigenvalue weighted by atomic mass is 9.89. The van der Waals surface area contributed by atoms with Gasteiger partial charge >= 0.3 is 0 Å². The largest absolute Gasteiger partial charge is 0.374 e. The predicted molar refractivity (Wildman–Crippen MR) is 221 cm³/mol. The molecule has 0 N–H and O–H groups in total. The summed E-state index contributed by atoms with van der Waals surface area (Å²) in [4.78, 5) is 14.4. The molecule has 1 amide bonds. The molecule has 0 aromatic heterocycles. The van der Waals surface area contributed by atoms with Gasteiger partial charge in [-0.25, -0.2) is 4.39 Å². The molecule has 296 valence electrons. The van der Waals surface area contributed by atoms with E-state index in [2.05, 4.69) is 72.8 Å². The van der Waals surface area contributed by atoms with Crippen molar-refractivity contribution in [3.63, 3.8) is 0 Å². The zero-order valence-corrected chi connectivity index (χ0v) is 32.4. The zero-order chi connectivity index (χ0) is 39.5. The molecule has 0 radical (unpaired) electrons. The second-order valence-electron chi connectivity index (χ2n) is 14.9. The molecule has 6 atom stereocenters. The quantitative estimate of drug-likeness (QED) is 0.0861. The summed E-state index contributed by atoms with van der Waals surface area (Å²) in [5.41, 5.74) is 6.96. The molecule has 0 saturated carbocycles. The van der Waals surface area contributed by atoms with Crippen LogP contribution in [0.2, 0.25) is 0 Å². The van der Waals surface area contributed by atoms with Crippen LogP contribution in [0.4, 0.5) is 10.1 Å². The minimum atomic E-state index is -0.521. The topological polar surface area (TPSA) is 66.5 Å². The first kappa shape index (κ1) is 39.4. The van der Waals surface area contributed by atoms with E-state index in [-0.39, 0.29) is 24.4 Å². The molecule has 58 heavy (non-hydrogen) atoms. The van der Waals surface area contributed by atoms with Gasteiger partial charge < -0.3 is 28.6 Å². The third kappa shape index (κ3) is 9.96. The molecule has 0 bridgehead atoms. The lowest BCUT2D eigenvalue weighted by Gasteiger charge is -2.46. The van der Waals surface area contributed by atoms with Gasteiger partial charge in [0, 0.05) is 12.1 Å². The molecule has 0 aliphatic carbocycles. The smallest absolute Gasteiger partial charge is 0.230 e. The van der Waals surface area contributed by atoms with Crippen LogP contribution in [0, 0.1) is 5.82 Å². The van der Waals surface area contributed by atoms with Crippen molar-refractivity contribution in [2.75, 3.05) is 11.5 Å². The third-order valence-corrected chi connectivity index (χ3v) is 10.8. The van der Waals surface area contributed by atoms with Gasteiger partial charge in [-0.2, -0.15) is 0 Å². The number of carbonyl (C=O) groups excluding carboxylic acids is 1. The fraction of sp³-hybridized carbons (Fsp3) is 0.260. The van der Waals surface area contributed by atoms with E-state index in [1.165, 1.54) is 12.1 Å². The summed E-state index contributed by atoms with van der Waals surface area (Å²) < 4.78 is 47.8. The Morgan fingerprint density at radius 3 is 1.48 bits per heavy atom. The van der Waals surface area contributed by atoms with Crippen LogP contribution < -0.4 is 4.90 Å². The SMILES string of the molecule is O=C1CC(c2ccc(CC3OC(COCc4ccccc4)C(OCc4ccccc4)C(OCc4ccccc4)C3OCc3ccccc3)cc2)N1c1ccc(F)cc1. The number of rotatable bonds is 17. The van der Waals surface area contributed by atoms with Crippen molar-refractivity contribution in [1.29, 1.82) is 0 Å². The molecule has 2 aliphatic heterocycles. The molecule has 6 aromatic carbocycles. The van der Waals surface area contributed by atoms with Crippen LogP contribution >= 0.6 is 0 Å². The number of anilines is 1. The third-order valence-electron chi connectivity index (χ3n) is 10.8. The predicted octanol–water partition coefficient (Wildman–Crippen LogP) is 9.59. The summed E-state index contributed by atoms with van der Waals surface area (Å²) in [6.45, 7) is 1.82. The van der Waals surface area contributed by atoms with Crippen molar-refractivity contribution < 1.29 is 32.9 Å². The van der Waals surface area contributed by atoms with Crippen LogP contribution in [0.15, 0.2) is 170 Å². The van der Waals surface area contributed by atoms with Crippen LogP contribution in [-0.4, -0.2) is 43.0 Å². The van der Waals surface area contributed by atoms with E-state index >= 15 is 0 Å². The zero-order valence-electron chi connectivity index (χ0n) is 32.4. The standard InChI is InChI=1S/C50H48FNO6/c51-42-25-27-43(28-26-42)52-44(30-47(52)53)41-23-21-36(22-24-41)29-45-48(55-32-38-15-7-2-8-16-38)50(57-34-40-19-11-4-12-20-40)49(56-33-39-17-9-3-10-18-39)46(58-45)35-54-31-37-13-5-1-6-14-37/h1-28,44-46,48-50H,29-35H2. The Bertz CT molecular complexity index is 2160. The maximum atomic E-state index is 13.7. The van der Waals surface area contributed by atoms with Crippen molar-refractivity contribution in [2.45, 2.75) is 75.8 Å². The molecule has 2 saturated heterocycles. The first-order chi connectivity index (χ1) is 28.6. The number of ether oxygens (including phenoxy) is 5. The molecule has 7 nitrogen and oxygen atoms in total. The Balaban J connectivity index is 1.09. The number of carbonyl (C=O) groups is 1. The molecule has 6 unspecified atom stereocenters. The maximum absolute atomic E-state index is 13.7. The summed E-state index contributed by atoms with van der Waals surface area (Å²) >= 11 is 0. The minimum absolute atomic E-state index is 0.0146. The van der Waals surface area contributed by atoms with E-state index in [1.54, 1.807) is 17.0 Å². The molecule has 8 rings (SSSR count). The Labute approximate surface area is 339 Å². The summed E-state index contributed by atoms with van der Waals surface area (Å²) in [5.74, 6) is -0.318. The Hall–Kier alpha value is -5.48. The molecule has 2 fully saturated rings. The van der Waals surface area contributed by atoms with E-state index in [4.69, 9.17) is 23.7 Å². The van der Waals surface area contributed by atoms with Crippen LogP contribution in [0.3, 0.4) is 0 Å². The van der Waals surface area contributed by atoms with Crippen molar-refractivity contribution in [1.82, 2.24) is 0 Å². The van der Waals surface area contributed by atoms with Gasteiger partial charge in [-0.1, -0.05) is 146 Å². The molecule has 8 heteroatoms. The number of β-lactam (4-membered cyclic amide) rings is 1. The number of nitrogens with zero attached hydrogens (tertiary/aromatic N) is 1. The Kier molecular flexibility index (Phi) is 13.1. The molecular weight excluding hydrogens is 730 g/mol. The van der Waals surface area contributed by atoms with Crippen molar-refractivity contribution in [3.05, 3.63) is 209 Å². The average Bonchev–Trinajstić information content (AvgIpc) is 3.26. The molecule has 2 aliphatic rings. The van der Waals surface area contributed by atoms with Crippen molar-refractivity contribution >= 4 is 11.6 Å². The number of amides is 1. The lowest BCUT2D eigenvalue weighted by molar-refractivity contribution is -0.272. The summed E-state index contributed by atoms with van der Waals surface area (Å²) in [6.07, 6.45) is -1.50. The highest BCUT2D eigenvalue weighted by Crippen LogP contribution is 2.39. The fourth-order valence-electron chi connectivity index (χ4n) is 7.77. The highest BCUT2D eigenvalue weighted by molar-refractivity contribution is 6.01. The second kappa shape index (κ2) is 19.3. The Morgan fingerprint density at radius 2 is 0.983 bits per heavy atom. The first-order valence-electron chi connectivity index (χ1n) is 20.0. The monoisotopic (exact) mass is 777 g/mol. The first-order valence-corrected chi connectivity index (χ1v) is 20.0. The van der Waals surface area contributed by atoms with E-state index in [0.717, 1.165) is 33.4 Å². The van der Waals surface area contributed by atoms with Gasteiger partial charge in [-0.3, -0.25) is 4.79 Å². The molecule has 2 heterocycles. The van der Waals surface area contributed by atoms with Crippen molar-refractivity contribution in [3.8, 4) is 0 Å². The highest BCUT2D eigenvalue weighted by atomic mass is 19.1. The van der Waals surface area contributed by atoms with Gasteiger partial charge in [0.2, 0.25) is 5.91 Å². The minimum Gasteiger partial charge on any atom is -0.374 e. The van der Waals surface area contributed by atoms with Crippen molar-refractivity contribution in [2.24, 2.45) is 0 Å². The Morgan fingerprint density at radius 1 is 0.517 bits per heavy atom. The number of benzene rings is 6. The summed E-state index contributed by atoms with van der Waals surface area (Å²) in [7, 11) is 0. The number of hydrogen-bond donors (Lipinski definition) is 0. The fourth-order valence-corrected chi connectivity index (χ4v) is 7.77. The van der Waals surface area contributed by atoms with Gasteiger partial charge in [0.1, 0.15) is 30.2 Å². The summed E-state index contributed by atoms with van der Waals surface area (Å²) in [5, 5.41) is 0. The van der Waals surface area contributed by atoms with E-state index in [9.17, 15) is 9.18 Å². The van der Waals surface area contributed by atoms with Crippen LogP contribution in [-0.2, 0) is 61.3 Å². The van der Waals surface area contributed by atoms with E-state index in [0.29, 0.717) is 45.0 Å². The normalized spacial score (nSPS) is 21.7. The molecule has 6 aromatic rings.